The first-order valence-corrected chi connectivity index (χ1v) is 8.55. The molecule has 1 fully saturated rings. The number of carbonyl (C=O) groups is 1. The van der Waals surface area contributed by atoms with Gasteiger partial charge in [-0.2, -0.15) is 0 Å². The highest BCUT2D eigenvalue weighted by Gasteiger charge is 2.41. The zero-order chi connectivity index (χ0) is 16.6. The zero-order valence-electron chi connectivity index (χ0n) is 13.1. The van der Waals surface area contributed by atoms with Crippen molar-refractivity contribution in [3.8, 4) is 0 Å². The lowest BCUT2D eigenvalue weighted by Gasteiger charge is -2.40. The molecule has 0 amide bonds. The van der Waals surface area contributed by atoms with Gasteiger partial charge < -0.3 is 5.32 Å². The maximum absolute atomic E-state index is 12.8. The summed E-state index contributed by atoms with van der Waals surface area (Å²) in [5.74, 6) is -0.0362. The molecule has 1 saturated heterocycles. The van der Waals surface area contributed by atoms with Gasteiger partial charge in [0.1, 0.15) is 5.78 Å². The molecule has 0 spiro atoms. The number of ketones is 1. The van der Waals surface area contributed by atoms with E-state index in [-0.39, 0.29) is 29.7 Å². The molecule has 2 aromatic carbocycles. The van der Waals surface area contributed by atoms with Crippen molar-refractivity contribution >= 4 is 29.0 Å². The van der Waals surface area contributed by atoms with E-state index in [0.29, 0.717) is 10.0 Å². The van der Waals surface area contributed by atoms with E-state index in [1.54, 1.807) is 0 Å². The van der Waals surface area contributed by atoms with E-state index in [0.717, 1.165) is 11.1 Å². The van der Waals surface area contributed by atoms with Gasteiger partial charge in [0.25, 0.3) is 0 Å². The maximum atomic E-state index is 12.8. The maximum Gasteiger partial charge on any atom is 0.142 e. The second-order valence-electron chi connectivity index (χ2n) is 6.14. The van der Waals surface area contributed by atoms with Crippen molar-refractivity contribution in [2.24, 2.45) is 11.8 Å². The minimum atomic E-state index is -0.136. The number of Topliss-reactive ketones (excluding diaryl/α,β-unsaturated/α-hetero) is 1. The van der Waals surface area contributed by atoms with Crippen LogP contribution >= 0.6 is 23.2 Å². The summed E-state index contributed by atoms with van der Waals surface area (Å²) >= 11 is 12.7. The molecule has 2 aromatic rings. The fourth-order valence-electron chi connectivity index (χ4n) is 3.40. The number of nitrogens with one attached hydrogen (secondary N) is 1. The lowest BCUT2D eigenvalue weighted by Crippen LogP contribution is -2.46. The van der Waals surface area contributed by atoms with Gasteiger partial charge in [-0.1, -0.05) is 73.4 Å². The normalized spacial score (nSPS) is 27.9. The number of benzene rings is 2. The van der Waals surface area contributed by atoms with Crippen LogP contribution in [0.5, 0.6) is 0 Å². The highest BCUT2D eigenvalue weighted by atomic mass is 35.5. The summed E-state index contributed by atoms with van der Waals surface area (Å²) in [6.07, 6.45) is 0. The third-order valence-corrected chi connectivity index (χ3v) is 5.43. The number of carbonyl (C=O) groups excluding carboxylic acids is 1. The van der Waals surface area contributed by atoms with E-state index in [9.17, 15) is 4.79 Å². The number of hydrogen-bond donors (Lipinski definition) is 1. The Hall–Kier alpha value is -1.35. The highest BCUT2D eigenvalue weighted by molar-refractivity contribution is 6.31. The molecular formula is C19H19Cl2NO. The molecule has 1 aliphatic rings. The van der Waals surface area contributed by atoms with Gasteiger partial charge in [0.15, 0.2) is 0 Å². The van der Waals surface area contributed by atoms with Crippen molar-refractivity contribution in [1.29, 1.82) is 0 Å². The molecule has 0 aliphatic carbocycles. The first kappa shape index (κ1) is 16.5. The third kappa shape index (κ3) is 3.03. The lowest BCUT2D eigenvalue weighted by molar-refractivity contribution is -0.130. The molecule has 0 radical (unpaired) electrons. The molecule has 1 heterocycles. The topological polar surface area (TPSA) is 29.1 Å². The highest BCUT2D eigenvalue weighted by Crippen LogP contribution is 2.41. The van der Waals surface area contributed by atoms with Gasteiger partial charge in [-0.15, -0.1) is 0 Å². The van der Waals surface area contributed by atoms with E-state index in [1.165, 1.54) is 0 Å². The molecular weight excluding hydrogens is 329 g/mol. The average molecular weight is 348 g/mol. The molecule has 1 aliphatic heterocycles. The predicted octanol–water partition coefficient (Wildman–Crippen LogP) is 5.22. The number of piperidine rings is 1. The van der Waals surface area contributed by atoms with Crippen LogP contribution in [0.25, 0.3) is 0 Å². The van der Waals surface area contributed by atoms with Crippen LogP contribution in [0, 0.1) is 11.8 Å². The summed E-state index contributed by atoms with van der Waals surface area (Å²) in [5, 5.41) is 4.96. The van der Waals surface area contributed by atoms with Crippen molar-refractivity contribution in [2.75, 3.05) is 0 Å². The smallest absolute Gasteiger partial charge is 0.142 e. The molecule has 23 heavy (non-hydrogen) atoms. The molecule has 3 rings (SSSR count). The Morgan fingerprint density at radius 2 is 1.17 bits per heavy atom. The molecule has 120 valence electrons. The molecule has 4 atom stereocenters. The van der Waals surface area contributed by atoms with Crippen LogP contribution in [0.3, 0.4) is 0 Å². The van der Waals surface area contributed by atoms with Gasteiger partial charge in [0.05, 0.1) is 0 Å². The standard InChI is InChI=1S/C19H19Cl2NO/c1-11-17(13-7-3-5-9-15(13)20)22-18(12(2)19(11)23)14-8-4-6-10-16(14)21/h3-12,17-18,22H,1-2H3/t11-,12+,17+,18-. The molecule has 4 heteroatoms. The van der Waals surface area contributed by atoms with Crippen LogP contribution in [0.4, 0.5) is 0 Å². The average Bonchev–Trinajstić information content (AvgIpc) is 2.55. The Balaban J connectivity index is 2.02. The fraction of sp³-hybridized carbons (Fsp3) is 0.316. The lowest BCUT2D eigenvalue weighted by atomic mass is 9.76. The summed E-state index contributed by atoms with van der Waals surface area (Å²) in [6.45, 7) is 3.92. The fourth-order valence-corrected chi connectivity index (χ4v) is 3.90. The van der Waals surface area contributed by atoms with Crippen molar-refractivity contribution in [2.45, 2.75) is 25.9 Å². The van der Waals surface area contributed by atoms with Crippen molar-refractivity contribution in [1.82, 2.24) is 5.32 Å². The van der Waals surface area contributed by atoms with Crippen molar-refractivity contribution < 1.29 is 4.79 Å². The van der Waals surface area contributed by atoms with Gasteiger partial charge in [-0.05, 0) is 23.3 Å². The quantitative estimate of drug-likeness (QED) is 0.806. The summed E-state index contributed by atoms with van der Waals surface area (Å²) in [7, 11) is 0. The van der Waals surface area contributed by atoms with Crippen LogP contribution in [0.2, 0.25) is 10.0 Å². The summed E-state index contributed by atoms with van der Waals surface area (Å²) < 4.78 is 0. The Morgan fingerprint density at radius 3 is 1.57 bits per heavy atom. The minimum absolute atomic E-state index is 0.117. The minimum Gasteiger partial charge on any atom is -0.302 e. The van der Waals surface area contributed by atoms with E-state index in [1.807, 2.05) is 62.4 Å². The zero-order valence-corrected chi connectivity index (χ0v) is 14.6. The number of rotatable bonds is 2. The Kier molecular flexibility index (Phi) is 4.77. The van der Waals surface area contributed by atoms with E-state index >= 15 is 0 Å². The predicted molar refractivity (Wildman–Crippen MR) is 94.9 cm³/mol. The van der Waals surface area contributed by atoms with Crippen LogP contribution in [0.1, 0.15) is 37.1 Å². The van der Waals surface area contributed by atoms with Crippen molar-refractivity contribution in [3.63, 3.8) is 0 Å². The first-order chi connectivity index (χ1) is 11.0. The number of halogens is 2. The number of hydrogen-bond acceptors (Lipinski definition) is 2. The Bertz CT molecular complexity index is 671. The molecule has 0 bridgehead atoms. The SMILES string of the molecule is C[C@@H]1C(=O)[C@H](C)[C@@H](c2ccccc2Cl)N[C@H]1c1ccccc1Cl. The molecule has 2 nitrogen and oxygen atoms in total. The van der Waals surface area contributed by atoms with Crippen LogP contribution in [-0.4, -0.2) is 5.78 Å². The van der Waals surface area contributed by atoms with Crippen LogP contribution in [-0.2, 0) is 4.79 Å². The van der Waals surface area contributed by atoms with E-state index in [4.69, 9.17) is 23.2 Å². The second-order valence-corrected chi connectivity index (χ2v) is 6.96. The monoisotopic (exact) mass is 347 g/mol. The van der Waals surface area contributed by atoms with E-state index < -0.39 is 0 Å². The molecule has 0 unspecified atom stereocenters. The summed E-state index contributed by atoms with van der Waals surface area (Å²) in [6, 6.07) is 15.1. The van der Waals surface area contributed by atoms with Gasteiger partial charge in [-0.25, -0.2) is 0 Å². The third-order valence-electron chi connectivity index (χ3n) is 4.74. The largest absolute Gasteiger partial charge is 0.302 e. The first-order valence-electron chi connectivity index (χ1n) is 7.79. The molecule has 0 saturated carbocycles. The van der Waals surface area contributed by atoms with E-state index in [2.05, 4.69) is 5.32 Å². The van der Waals surface area contributed by atoms with Gasteiger partial charge in [0, 0.05) is 34.0 Å². The summed E-state index contributed by atoms with van der Waals surface area (Å²) in [5.41, 5.74) is 1.91. The van der Waals surface area contributed by atoms with Gasteiger partial charge >= 0.3 is 0 Å². The molecule has 0 aromatic heterocycles. The van der Waals surface area contributed by atoms with Crippen molar-refractivity contribution in [3.05, 3.63) is 69.7 Å². The van der Waals surface area contributed by atoms with Gasteiger partial charge in [0.2, 0.25) is 0 Å². The van der Waals surface area contributed by atoms with Gasteiger partial charge in [-0.3, -0.25) is 4.79 Å². The van der Waals surface area contributed by atoms with Crippen LogP contribution < -0.4 is 5.32 Å². The molecule has 1 N–H and O–H groups in total. The Labute approximate surface area is 146 Å². The summed E-state index contributed by atoms with van der Waals surface area (Å²) in [4.78, 5) is 12.8. The van der Waals surface area contributed by atoms with Crippen LogP contribution in [0.15, 0.2) is 48.5 Å². The Morgan fingerprint density at radius 1 is 0.783 bits per heavy atom. The second kappa shape index (κ2) is 6.64.